The number of aromatic nitrogens is 2. The summed E-state index contributed by atoms with van der Waals surface area (Å²) >= 11 is 5.62. The lowest BCUT2D eigenvalue weighted by atomic mass is 10.0. The minimum absolute atomic E-state index is 0.230. The molecule has 100 valence electrons. The molecule has 0 saturated carbocycles. The Balaban J connectivity index is 2.57. The molecule has 1 aromatic rings. The Kier molecular flexibility index (Phi) is 5.50. The Bertz CT molecular complexity index is 384. The smallest absolute Gasteiger partial charge is 0.271 e. The van der Waals surface area contributed by atoms with Crippen LogP contribution in [0.1, 0.15) is 24.3 Å². The van der Waals surface area contributed by atoms with Crippen LogP contribution in [-0.4, -0.2) is 47.7 Å². The molecule has 1 heterocycles. The highest BCUT2D eigenvalue weighted by Gasteiger charge is 2.17. The molecule has 1 amide bonds. The third-order valence-corrected chi connectivity index (χ3v) is 2.97. The maximum atomic E-state index is 11.8. The molecule has 0 fully saturated rings. The van der Waals surface area contributed by atoms with Crippen molar-refractivity contribution >= 4 is 17.5 Å². The number of nitrogens with zero attached hydrogens (tertiary/aromatic N) is 3. The first-order valence-corrected chi connectivity index (χ1v) is 6.23. The number of amides is 1. The summed E-state index contributed by atoms with van der Waals surface area (Å²) in [5, 5.41) is 10.5. The average Bonchev–Trinajstić information content (AvgIpc) is 2.28. The van der Waals surface area contributed by atoms with Crippen LogP contribution >= 0.6 is 11.6 Å². The minimum Gasteiger partial charge on any atom is -0.349 e. The van der Waals surface area contributed by atoms with Gasteiger partial charge in [0.15, 0.2) is 10.8 Å². The van der Waals surface area contributed by atoms with Gasteiger partial charge in [0.25, 0.3) is 5.91 Å². The molecule has 0 aromatic carbocycles. The van der Waals surface area contributed by atoms with Crippen LogP contribution in [0.5, 0.6) is 0 Å². The molecule has 1 unspecified atom stereocenters. The summed E-state index contributed by atoms with van der Waals surface area (Å²) in [4.78, 5) is 13.9. The normalized spacial score (nSPS) is 12.8. The van der Waals surface area contributed by atoms with Gasteiger partial charge in [-0.05, 0) is 32.1 Å². The zero-order valence-electron chi connectivity index (χ0n) is 11.1. The Morgan fingerprint density at radius 2 is 2.06 bits per heavy atom. The lowest BCUT2D eigenvalue weighted by Gasteiger charge is -2.27. The molecule has 18 heavy (non-hydrogen) atoms. The van der Waals surface area contributed by atoms with Crippen molar-refractivity contribution < 1.29 is 4.79 Å². The molecule has 0 aliphatic rings. The average molecular weight is 271 g/mol. The molecule has 5 nitrogen and oxygen atoms in total. The zero-order valence-corrected chi connectivity index (χ0v) is 11.9. The van der Waals surface area contributed by atoms with E-state index in [4.69, 9.17) is 11.6 Å². The summed E-state index contributed by atoms with van der Waals surface area (Å²) in [5.74, 6) is 0.225. The fourth-order valence-corrected chi connectivity index (χ4v) is 1.84. The number of rotatable bonds is 5. The third-order valence-electron chi connectivity index (χ3n) is 2.77. The SMILES string of the molecule is CC(C)C(CNC(=O)c1ccc(Cl)nn1)N(C)C. The van der Waals surface area contributed by atoms with Crippen molar-refractivity contribution in [1.29, 1.82) is 0 Å². The summed E-state index contributed by atoms with van der Waals surface area (Å²) < 4.78 is 0. The molecule has 0 spiro atoms. The Labute approximate surface area is 113 Å². The molecular weight excluding hydrogens is 252 g/mol. The van der Waals surface area contributed by atoms with Gasteiger partial charge >= 0.3 is 0 Å². The van der Waals surface area contributed by atoms with Gasteiger partial charge in [-0.15, -0.1) is 10.2 Å². The predicted octanol–water partition coefficient (Wildman–Crippen LogP) is 1.45. The van der Waals surface area contributed by atoms with E-state index in [0.29, 0.717) is 12.5 Å². The Morgan fingerprint density at radius 1 is 1.39 bits per heavy atom. The van der Waals surface area contributed by atoms with E-state index in [1.54, 1.807) is 12.1 Å². The predicted molar refractivity (Wildman–Crippen MR) is 71.7 cm³/mol. The lowest BCUT2D eigenvalue weighted by molar-refractivity contribution is 0.0928. The summed E-state index contributed by atoms with van der Waals surface area (Å²) in [7, 11) is 4.00. The highest BCUT2D eigenvalue weighted by atomic mass is 35.5. The molecule has 1 rings (SSSR count). The highest BCUT2D eigenvalue weighted by Crippen LogP contribution is 2.07. The fourth-order valence-electron chi connectivity index (χ4n) is 1.74. The van der Waals surface area contributed by atoms with Gasteiger partial charge in [-0.3, -0.25) is 4.79 Å². The third kappa shape index (κ3) is 4.23. The van der Waals surface area contributed by atoms with Crippen LogP contribution in [0.2, 0.25) is 5.15 Å². The van der Waals surface area contributed by atoms with Crippen LogP contribution in [0.15, 0.2) is 12.1 Å². The van der Waals surface area contributed by atoms with Gasteiger partial charge in [0, 0.05) is 12.6 Å². The fraction of sp³-hybridized carbons (Fsp3) is 0.583. The number of halogens is 1. The second-order valence-corrected chi connectivity index (χ2v) is 5.11. The van der Waals surface area contributed by atoms with E-state index >= 15 is 0 Å². The van der Waals surface area contributed by atoms with E-state index in [1.165, 1.54) is 0 Å². The summed E-state index contributed by atoms with van der Waals surface area (Å²) in [6.07, 6.45) is 0. The lowest BCUT2D eigenvalue weighted by Crippen LogP contribution is -2.43. The zero-order chi connectivity index (χ0) is 13.7. The summed E-state index contributed by atoms with van der Waals surface area (Å²) in [6, 6.07) is 3.40. The van der Waals surface area contributed by atoms with Crippen LogP contribution in [0.25, 0.3) is 0 Å². The summed E-state index contributed by atoms with van der Waals surface area (Å²) in [6.45, 7) is 4.83. The van der Waals surface area contributed by atoms with E-state index < -0.39 is 0 Å². The van der Waals surface area contributed by atoms with Gasteiger partial charge in [-0.25, -0.2) is 0 Å². The van der Waals surface area contributed by atoms with Gasteiger partial charge in [-0.1, -0.05) is 25.4 Å². The van der Waals surface area contributed by atoms with E-state index in [0.717, 1.165) is 0 Å². The van der Waals surface area contributed by atoms with Crippen LogP contribution in [-0.2, 0) is 0 Å². The molecule has 1 aromatic heterocycles. The summed E-state index contributed by atoms with van der Waals surface area (Å²) in [5.41, 5.74) is 0.278. The Hall–Kier alpha value is -1.20. The molecule has 0 saturated heterocycles. The number of carbonyl (C=O) groups is 1. The van der Waals surface area contributed by atoms with E-state index in [1.807, 2.05) is 14.1 Å². The van der Waals surface area contributed by atoms with Crippen LogP contribution in [0.3, 0.4) is 0 Å². The number of carbonyl (C=O) groups excluding carboxylic acids is 1. The molecule has 1 N–H and O–H groups in total. The monoisotopic (exact) mass is 270 g/mol. The Morgan fingerprint density at radius 3 is 2.50 bits per heavy atom. The number of likely N-dealkylation sites (N-methyl/N-ethyl adjacent to an activating group) is 1. The van der Waals surface area contributed by atoms with E-state index in [-0.39, 0.29) is 22.8 Å². The molecule has 1 atom stereocenters. The van der Waals surface area contributed by atoms with Gasteiger partial charge < -0.3 is 10.2 Å². The molecule has 6 heteroatoms. The van der Waals surface area contributed by atoms with Crippen molar-refractivity contribution in [3.63, 3.8) is 0 Å². The number of hydrogen-bond donors (Lipinski definition) is 1. The van der Waals surface area contributed by atoms with Crippen molar-refractivity contribution in [1.82, 2.24) is 20.4 Å². The molecule has 0 aliphatic carbocycles. The van der Waals surface area contributed by atoms with Crippen LogP contribution < -0.4 is 5.32 Å². The number of nitrogens with one attached hydrogen (secondary N) is 1. The van der Waals surface area contributed by atoms with E-state index in [2.05, 4.69) is 34.3 Å². The molecule has 0 bridgehead atoms. The van der Waals surface area contributed by atoms with E-state index in [9.17, 15) is 4.79 Å². The van der Waals surface area contributed by atoms with Crippen LogP contribution in [0, 0.1) is 5.92 Å². The maximum absolute atomic E-state index is 11.8. The van der Waals surface area contributed by atoms with Crippen molar-refractivity contribution in [2.24, 2.45) is 5.92 Å². The van der Waals surface area contributed by atoms with Crippen molar-refractivity contribution in [2.75, 3.05) is 20.6 Å². The second-order valence-electron chi connectivity index (χ2n) is 4.73. The maximum Gasteiger partial charge on any atom is 0.271 e. The number of hydrogen-bond acceptors (Lipinski definition) is 4. The highest BCUT2D eigenvalue weighted by molar-refractivity contribution is 6.29. The van der Waals surface area contributed by atoms with Crippen molar-refractivity contribution in [2.45, 2.75) is 19.9 Å². The first kappa shape index (κ1) is 14.9. The largest absolute Gasteiger partial charge is 0.349 e. The van der Waals surface area contributed by atoms with Gasteiger partial charge in [0.2, 0.25) is 0 Å². The first-order chi connectivity index (χ1) is 8.41. The van der Waals surface area contributed by atoms with Crippen LogP contribution in [0.4, 0.5) is 0 Å². The quantitative estimate of drug-likeness (QED) is 0.880. The first-order valence-electron chi connectivity index (χ1n) is 5.85. The standard InChI is InChI=1S/C12H19ClN4O/c1-8(2)10(17(3)4)7-14-12(18)9-5-6-11(13)16-15-9/h5-6,8,10H,7H2,1-4H3,(H,14,18). The van der Waals surface area contributed by atoms with Gasteiger partial charge in [0.05, 0.1) is 0 Å². The minimum atomic E-state index is -0.230. The molecule has 0 radical (unpaired) electrons. The topological polar surface area (TPSA) is 58.1 Å². The van der Waals surface area contributed by atoms with Crippen molar-refractivity contribution in [3.05, 3.63) is 23.0 Å². The molecular formula is C12H19ClN4O. The second kappa shape index (κ2) is 6.66. The van der Waals surface area contributed by atoms with Crippen molar-refractivity contribution in [3.8, 4) is 0 Å². The van der Waals surface area contributed by atoms with Gasteiger partial charge in [-0.2, -0.15) is 0 Å². The molecule has 0 aliphatic heterocycles. The van der Waals surface area contributed by atoms with Gasteiger partial charge in [0.1, 0.15) is 0 Å².